The molecule has 0 saturated carbocycles. The zero-order valence-electron chi connectivity index (χ0n) is 6.78. The summed E-state index contributed by atoms with van der Waals surface area (Å²) in [7, 11) is 0. The van der Waals surface area contributed by atoms with Gasteiger partial charge in [-0.1, -0.05) is 0 Å². The molecule has 0 aliphatic carbocycles. The van der Waals surface area contributed by atoms with Crippen LogP contribution in [0.15, 0.2) is 0 Å². The Morgan fingerprint density at radius 3 is 2.42 bits per heavy atom. The van der Waals surface area contributed by atoms with E-state index in [4.69, 9.17) is 11.1 Å². The molecule has 4 nitrogen and oxygen atoms in total. The minimum atomic E-state index is -3.20. The molecule has 0 aromatic carbocycles. The van der Waals surface area contributed by atoms with E-state index in [0.29, 0.717) is 32.8 Å². The summed E-state index contributed by atoms with van der Waals surface area (Å²) in [5, 5.41) is 8.65. The Hall–Kier alpha value is 0.588. The van der Waals surface area contributed by atoms with Crippen molar-refractivity contribution < 1.29 is 14.0 Å². The third-order valence-electron chi connectivity index (χ3n) is 1.62. The summed E-state index contributed by atoms with van der Waals surface area (Å²) < 4.78 is 22.3. The molecule has 1 saturated heterocycles. The van der Waals surface area contributed by atoms with Crippen molar-refractivity contribution in [2.75, 3.05) is 39.5 Å². The van der Waals surface area contributed by atoms with E-state index in [1.165, 1.54) is 0 Å². The van der Waals surface area contributed by atoms with Crippen molar-refractivity contribution in [2.45, 2.75) is 0 Å². The summed E-state index contributed by atoms with van der Waals surface area (Å²) in [6, 6.07) is 0. The number of nitrogens with zero attached hydrogens (tertiary/aromatic N) is 1. The van der Waals surface area contributed by atoms with Crippen molar-refractivity contribution >= 4 is 21.6 Å². The number of halogens is 1. The van der Waals surface area contributed by atoms with Crippen molar-refractivity contribution in [3.8, 4) is 0 Å². The molecule has 1 heterocycles. The van der Waals surface area contributed by atoms with Crippen molar-refractivity contribution in [1.29, 1.82) is 0 Å². The second kappa shape index (κ2) is 6.10. The van der Waals surface area contributed by atoms with E-state index >= 15 is 0 Å². The zero-order chi connectivity index (χ0) is 8.81. The summed E-state index contributed by atoms with van der Waals surface area (Å²) in [5.41, 5.74) is 0. The number of hydrogen-bond donors (Lipinski definition) is 1. The average Bonchev–Trinajstić information content (AvgIpc) is 2.00. The van der Waals surface area contributed by atoms with Gasteiger partial charge in [-0.2, -0.15) is 0 Å². The van der Waals surface area contributed by atoms with Crippen LogP contribution in [0.1, 0.15) is 0 Å². The first-order chi connectivity index (χ1) is 5.83. The van der Waals surface area contributed by atoms with Crippen molar-refractivity contribution in [2.24, 2.45) is 0 Å². The average molecular weight is 288 g/mol. The zero-order valence-corrected chi connectivity index (χ0v) is 9.33. The molecular weight excluding hydrogens is 275 g/mol. The van der Waals surface area contributed by atoms with Gasteiger partial charge >= 0.3 is 79.9 Å². The third-order valence-corrected chi connectivity index (χ3v) is 3.82. The predicted octanol–water partition coefficient (Wildman–Crippen LogP) is -0.718. The summed E-state index contributed by atoms with van der Waals surface area (Å²) in [6.45, 7) is 2.89. The van der Waals surface area contributed by atoms with Gasteiger partial charge in [0.25, 0.3) is 0 Å². The van der Waals surface area contributed by atoms with Crippen LogP contribution in [-0.2, 0) is 6.03 Å². The Labute approximate surface area is 80.1 Å². The predicted molar refractivity (Wildman–Crippen MR) is 42.3 cm³/mol. The van der Waals surface area contributed by atoms with Crippen LogP contribution in [-0.4, -0.2) is 71.1 Å². The third kappa shape index (κ3) is 4.01. The summed E-state index contributed by atoms with van der Waals surface area (Å²) in [4.78, 5) is 1.99. The van der Waals surface area contributed by atoms with Crippen LogP contribution < -0.4 is 0 Å². The van der Waals surface area contributed by atoms with Gasteiger partial charge in [0.05, 0.1) is 0 Å². The minimum absolute atomic E-state index is 0.125. The normalized spacial score (nSPS) is 23.5. The number of aliphatic hydroxyl groups is 1. The van der Waals surface area contributed by atoms with Crippen LogP contribution in [0, 0.1) is 0 Å². The number of hydrogen-bond acceptors (Lipinski definition) is 4. The van der Waals surface area contributed by atoms with E-state index in [1.54, 1.807) is 0 Å². The van der Waals surface area contributed by atoms with Crippen LogP contribution in [0.3, 0.4) is 0 Å². The molecule has 0 unspecified atom stereocenters. The van der Waals surface area contributed by atoms with Crippen molar-refractivity contribution in [3.63, 3.8) is 0 Å². The van der Waals surface area contributed by atoms with Gasteiger partial charge in [0.1, 0.15) is 0 Å². The maximum absolute atomic E-state index is 12.6. The molecule has 0 spiro atoms. The molecule has 0 aromatic rings. The SMILES string of the molecule is OCCN1CC[O][Sb]([F])[O]CC1. The van der Waals surface area contributed by atoms with Gasteiger partial charge in [0, 0.05) is 0 Å². The molecule has 6 heteroatoms. The molecule has 0 amide bonds. The Kier molecular flexibility index (Phi) is 5.43. The molecule has 0 radical (unpaired) electrons. The van der Waals surface area contributed by atoms with Crippen molar-refractivity contribution in [1.82, 2.24) is 4.90 Å². The Morgan fingerprint density at radius 1 is 1.33 bits per heavy atom. The summed E-state index contributed by atoms with van der Waals surface area (Å²) in [6.07, 6.45) is 0. The van der Waals surface area contributed by atoms with Crippen LogP contribution in [0.5, 0.6) is 0 Å². The maximum atomic E-state index is 12.6. The fourth-order valence-electron chi connectivity index (χ4n) is 0.997. The molecule has 1 aliphatic heterocycles. The van der Waals surface area contributed by atoms with Gasteiger partial charge in [-0.15, -0.1) is 0 Å². The quantitative estimate of drug-likeness (QED) is 0.681. The molecular formula is C6H13FNO3Sb. The molecule has 1 aliphatic rings. The van der Waals surface area contributed by atoms with Gasteiger partial charge in [0.2, 0.25) is 0 Å². The Bertz CT molecular complexity index is 119. The first kappa shape index (κ1) is 10.7. The van der Waals surface area contributed by atoms with E-state index in [2.05, 4.69) is 0 Å². The van der Waals surface area contributed by atoms with E-state index in [1.807, 2.05) is 4.90 Å². The first-order valence-corrected chi connectivity index (χ1v) is 6.93. The van der Waals surface area contributed by atoms with Crippen molar-refractivity contribution in [3.05, 3.63) is 0 Å². The van der Waals surface area contributed by atoms with E-state index < -0.39 is 21.6 Å². The van der Waals surface area contributed by atoms with Gasteiger partial charge in [0.15, 0.2) is 0 Å². The van der Waals surface area contributed by atoms with Crippen LogP contribution >= 0.6 is 0 Å². The number of aliphatic hydroxyl groups excluding tert-OH is 1. The van der Waals surface area contributed by atoms with Crippen LogP contribution in [0.4, 0.5) is 2.81 Å². The molecule has 0 atom stereocenters. The standard InChI is InChI=1S/C6H13NO3.FH.Sb/c8-4-1-7(2-5-9)3-6-10;;/h8H,1-6H2;1H;/q-2;;+3/p-1. The fraction of sp³-hybridized carbons (Fsp3) is 1.00. The topological polar surface area (TPSA) is 41.9 Å². The van der Waals surface area contributed by atoms with Gasteiger partial charge in [-0.25, -0.2) is 0 Å². The Morgan fingerprint density at radius 2 is 1.92 bits per heavy atom. The Balaban J connectivity index is 2.20. The number of β-amino-alcohol motifs (C(OH)–C–C–N with tert-alkyl or cyclic N) is 1. The van der Waals surface area contributed by atoms with Gasteiger partial charge < -0.3 is 0 Å². The van der Waals surface area contributed by atoms with Gasteiger partial charge in [-0.05, 0) is 0 Å². The van der Waals surface area contributed by atoms with Crippen LogP contribution in [0.25, 0.3) is 0 Å². The fourth-order valence-corrected chi connectivity index (χ4v) is 2.50. The van der Waals surface area contributed by atoms with E-state index in [9.17, 15) is 2.81 Å². The van der Waals surface area contributed by atoms with Gasteiger partial charge in [-0.3, -0.25) is 0 Å². The monoisotopic (exact) mass is 287 g/mol. The molecule has 1 N–H and O–H groups in total. The molecule has 12 heavy (non-hydrogen) atoms. The van der Waals surface area contributed by atoms with E-state index in [0.717, 1.165) is 0 Å². The number of rotatable bonds is 2. The summed E-state index contributed by atoms with van der Waals surface area (Å²) in [5.74, 6) is 0. The molecule has 1 fully saturated rings. The molecule has 0 bridgehead atoms. The second-order valence-electron chi connectivity index (χ2n) is 2.44. The molecule has 1 rings (SSSR count). The van der Waals surface area contributed by atoms with Crippen LogP contribution in [0.2, 0.25) is 0 Å². The van der Waals surface area contributed by atoms with E-state index in [-0.39, 0.29) is 6.61 Å². The summed E-state index contributed by atoms with van der Waals surface area (Å²) >= 11 is -3.20. The first-order valence-electron chi connectivity index (χ1n) is 3.88. The molecule has 72 valence electrons. The second-order valence-corrected chi connectivity index (χ2v) is 5.13. The molecule has 0 aromatic heterocycles.